The minimum absolute atomic E-state index is 0.112. The fourth-order valence-corrected chi connectivity index (χ4v) is 3.46. The maximum absolute atomic E-state index is 10.2. The predicted molar refractivity (Wildman–Crippen MR) is 87.1 cm³/mol. The summed E-state index contributed by atoms with van der Waals surface area (Å²) in [6, 6.07) is 7.66. The van der Waals surface area contributed by atoms with Gasteiger partial charge in [-0.3, -0.25) is 0 Å². The summed E-state index contributed by atoms with van der Waals surface area (Å²) in [5, 5.41) is 10.2. The van der Waals surface area contributed by atoms with Gasteiger partial charge in [-0.15, -0.1) is 0 Å². The minimum Gasteiger partial charge on any atom is -0.486 e. The molecule has 2 aliphatic heterocycles. The fourth-order valence-electron chi connectivity index (χ4n) is 3.46. The molecule has 128 valence electrons. The lowest BCUT2D eigenvalue weighted by Crippen LogP contribution is -3.14. The highest BCUT2D eigenvalue weighted by molar-refractivity contribution is 5.40. The lowest BCUT2D eigenvalue weighted by Gasteiger charge is -2.29. The topological polar surface area (TPSA) is 52.4 Å². The number of aliphatic hydroxyl groups is 1. The van der Waals surface area contributed by atoms with Crippen molar-refractivity contribution in [2.75, 3.05) is 39.5 Å². The van der Waals surface area contributed by atoms with Crippen molar-refractivity contribution in [1.29, 1.82) is 0 Å². The molecule has 1 unspecified atom stereocenters. The van der Waals surface area contributed by atoms with E-state index < -0.39 is 6.10 Å². The summed E-state index contributed by atoms with van der Waals surface area (Å²) in [5.41, 5.74) is 0. The highest BCUT2D eigenvalue weighted by Gasteiger charge is 2.24. The number of nitrogens with one attached hydrogen (secondary N) is 1. The van der Waals surface area contributed by atoms with E-state index in [9.17, 15) is 5.11 Å². The normalized spacial score (nSPS) is 28.3. The number of ether oxygens (including phenoxy) is 3. The molecule has 1 fully saturated rings. The largest absolute Gasteiger partial charge is 0.486 e. The number of hydrogen-bond acceptors (Lipinski definition) is 4. The molecule has 2 aliphatic rings. The monoisotopic (exact) mass is 322 g/mol. The quantitative estimate of drug-likeness (QED) is 0.802. The molecule has 1 aromatic rings. The van der Waals surface area contributed by atoms with Crippen LogP contribution in [0.15, 0.2) is 24.3 Å². The Labute approximate surface area is 138 Å². The van der Waals surface area contributed by atoms with Crippen LogP contribution in [-0.2, 0) is 4.74 Å². The van der Waals surface area contributed by atoms with Gasteiger partial charge < -0.3 is 24.2 Å². The highest BCUT2D eigenvalue weighted by Crippen LogP contribution is 2.30. The maximum atomic E-state index is 10.2. The van der Waals surface area contributed by atoms with Crippen molar-refractivity contribution < 1.29 is 24.2 Å². The third kappa shape index (κ3) is 4.83. The lowest BCUT2D eigenvalue weighted by atomic mass is 10.0. The molecule has 0 bridgehead atoms. The zero-order valence-electron chi connectivity index (χ0n) is 13.9. The van der Waals surface area contributed by atoms with Gasteiger partial charge in [-0.1, -0.05) is 19.1 Å². The average Bonchev–Trinajstić information content (AvgIpc) is 2.55. The first-order valence-electron chi connectivity index (χ1n) is 8.68. The van der Waals surface area contributed by atoms with Crippen LogP contribution < -0.4 is 14.4 Å². The van der Waals surface area contributed by atoms with Crippen LogP contribution in [-0.4, -0.2) is 56.8 Å². The molecule has 0 amide bonds. The van der Waals surface area contributed by atoms with Crippen molar-refractivity contribution in [2.45, 2.75) is 32.0 Å². The molecule has 0 radical (unpaired) electrons. The molecule has 5 heteroatoms. The van der Waals surface area contributed by atoms with E-state index in [0.29, 0.717) is 19.8 Å². The zero-order chi connectivity index (χ0) is 16.1. The Balaban J connectivity index is 1.35. The first-order chi connectivity index (χ1) is 11.2. The number of piperidine rings is 1. The Morgan fingerprint density at radius 3 is 3.00 bits per heavy atom. The van der Waals surface area contributed by atoms with Crippen LogP contribution in [0, 0.1) is 5.92 Å². The van der Waals surface area contributed by atoms with E-state index in [1.165, 1.54) is 17.7 Å². The molecular formula is C18H28NO4+. The van der Waals surface area contributed by atoms with Gasteiger partial charge in [0.05, 0.1) is 26.3 Å². The van der Waals surface area contributed by atoms with Gasteiger partial charge in [-0.05, 0) is 25.0 Å². The predicted octanol–water partition coefficient (Wildman–Crippen LogP) is 0.519. The second-order valence-corrected chi connectivity index (χ2v) is 6.84. The molecule has 1 saturated heterocycles. The second kappa shape index (κ2) is 7.99. The van der Waals surface area contributed by atoms with Gasteiger partial charge in [0.1, 0.15) is 19.3 Å². The number of fused-ring (bicyclic) bond motifs is 1. The molecule has 0 aromatic heterocycles. The number of quaternary nitrogens is 1. The summed E-state index contributed by atoms with van der Waals surface area (Å²) in [6.45, 7) is 6.68. The maximum Gasteiger partial charge on any atom is 0.161 e. The van der Waals surface area contributed by atoms with Crippen LogP contribution in [0.3, 0.4) is 0 Å². The van der Waals surface area contributed by atoms with Crippen molar-refractivity contribution in [2.24, 2.45) is 5.92 Å². The van der Waals surface area contributed by atoms with Gasteiger partial charge in [0.25, 0.3) is 0 Å². The van der Waals surface area contributed by atoms with Gasteiger partial charge in [-0.25, -0.2) is 0 Å². The van der Waals surface area contributed by atoms with Crippen molar-refractivity contribution >= 4 is 0 Å². The third-order valence-corrected chi connectivity index (χ3v) is 4.57. The van der Waals surface area contributed by atoms with Crippen LogP contribution >= 0.6 is 0 Å². The molecule has 0 spiro atoms. The van der Waals surface area contributed by atoms with E-state index in [2.05, 4.69) is 6.92 Å². The number of benzene rings is 1. The van der Waals surface area contributed by atoms with E-state index in [-0.39, 0.29) is 6.10 Å². The smallest absolute Gasteiger partial charge is 0.161 e. The lowest BCUT2D eigenvalue weighted by molar-refractivity contribution is -0.911. The Hall–Kier alpha value is -1.30. The van der Waals surface area contributed by atoms with Gasteiger partial charge in [0.2, 0.25) is 0 Å². The summed E-state index contributed by atoms with van der Waals surface area (Å²) in [6.07, 6.45) is 2.06. The standard InChI is InChI=1S/C18H27NO4/c1-14-5-4-8-19(9-14)10-15(20)11-21-12-16-13-22-17-6-2-3-7-18(17)23-16/h2-3,6-7,14-16,20H,4-5,8-13H2,1H3/p+1/t14-,15+,16-/m1/s1. The Bertz CT molecular complexity index is 496. The average molecular weight is 322 g/mol. The number of rotatable bonds is 6. The molecular weight excluding hydrogens is 294 g/mol. The van der Waals surface area contributed by atoms with Gasteiger partial charge in [-0.2, -0.15) is 0 Å². The molecule has 3 rings (SSSR count). The van der Waals surface area contributed by atoms with Gasteiger partial charge in [0.15, 0.2) is 17.6 Å². The van der Waals surface area contributed by atoms with Crippen LogP contribution in [0.5, 0.6) is 11.5 Å². The third-order valence-electron chi connectivity index (χ3n) is 4.57. The highest BCUT2D eigenvalue weighted by atomic mass is 16.6. The molecule has 0 aliphatic carbocycles. The minimum atomic E-state index is -0.410. The summed E-state index contributed by atoms with van der Waals surface area (Å²) in [4.78, 5) is 1.49. The van der Waals surface area contributed by atoms with E-state index in [1.54, 1.807) is 0 Å². The summed E-state index contributed by atoms with van der Waals surface area (Å²) >= 11 is 0. The molecule has 0 saturated carbocycles. The number of aliphatic hydroxyl groups excluding tert-OH is 1. The number of likely N-dealkylation sites (tertiary alicyclic amines) is 1. The number of para-hydroxylation sites is 2. The summed E-state index contributed by atoms with van der Waals surface area (Å²) in [5.74, 6) is 2.31. The molecule has 2 heterocycles. The van der Waals surface area contributed by atoms with E-state index in [1.807, 2.05) is 24.3 Å². The Morgan fingerprint density at radius 2 is 2.17 bits per heavy atom. The Kier molecular flexibility index (Phi) is 5.75. The van der Waals surface area contributed by atoms with Crippen molar-refractivity contribution in [3.63, 3.8) is 0 Å². The van der Waals surface area contributed by atoms with Crippen molar-refractivity contribution in [3.8, 4) is 11.5 Å². The fraction of sp³-hybridized carbons (Fsp3) is 0.667. The summed E-state index contributed by atoms with van der Waals surface area (Å²) < 4.78 is 17.1. The van der Waals surface area contributed by atoms with Gasteiger partial charge in [0, 0.05) is 5.92 Å². The SMILES string of the molecule is C[C@@H]1CCC[NH+](C[C@H](O)COC[C@@H]2COc3ccccc3O2)C1. The van der Waals surface area contributed by atoms with Crippen LogP contribution in [0.2, 0.25) is 0 Å². The molecule has 23 heavy (non-hydrogen) atoms. The molecule has 5 nitrogen and oxygen atoms in total. The zero-order valence-corrected chi connectivity index (χ0v) is 13.9. The van der Waals surface area contributed by atoms with Crippen LogP contribution in [0.1, 0.15) is 19.8 Å². The number of hydrogen-bond donors (Lipinski definition) is 2. The molecule has 4 atom stereocenters. The van der Waals surface area contributed by atoms with Crippen LogP contribution in [0.4, 0.5) is 0 Å². The van der Waals surface area contributed by atoms with Gasteiger partial charge >= 0.3 is 0 Å². The summed E-state index contributed by atoms with van der Waals surface area (Å²) in [7, 11) is 0. The van der Waals surface area contributed by atoms with Crippen LogP contribution in [0.25, 0.3) is 0 Å². The van der Waals surface area contributed by atoms with E-state index in [4.69, 9.17) is 14.2 Å². The second-order valence-electron chi connectivity index (χ2n) is 6.84. The Morgan fingerprint density at radius 1 is 1.35 bits per heavy atom. The van der Waals surface area contributed by atoms with Crippen molar-refractivity contribution in [1.82, 2.24) is 0 Å². The molecule has 1 aromatic carbocycles. The molecule has 2 N–H and O–H groups in total. The first-order valence-corrected chi connectivity index (χ1v) is 8.68. The van der Waals surface area contributed by atoms with E-state index in [0.717, 1.165) is 37.1 Å². The first kappa shape index (κ1) is 16.6. The van der Waals surface area contributed by atoms with Crippen molar-refractivity contribution in [3.05, 3.63) is 24.3 Å². The van der Waals surface area contributed by atoms with E-state index >= 15 is 0 Å².